The minimum absolute atomic E-state index is 0.0651. The molecule has 1 fully saturated rings. The number of rotatable bonds is 2. The number of carbonyl (C=O) groups is 1. The van der Waals surface area contributed by atoms with E-state index in [1.165, 1.54) is 11.3 Å². The lowest BCUT2D eigenvalue weighted by atomic mass is 10.0. The second kappa shape index (κ2) is 11.8. The number of benzene rings is 2. The van der Waals surface area contributed by atoms with Gasteiger partial charge in [-0.2, -0.15) is 0 Å². The molecule has 3 aromatic rings. The Labute approximate surface area is 224 Å². The average Bonchev–Trinajstić information content (AvgIpc) is 2.92. The Bertz CT molecular complexity index is 1280. The minimum atomic E-state index is 0.0651. The fraction of sp³-hybridized carbons (Fsp3) is 0.433. The molecule has 200 valence electrons. The molecule has 38 heavy (non-hydrogen) atoms. The van der Waals surface area contributed by atoms with E-state index in [2.05, 4.69) is 38.7 Å². The number of nitrogens with one attached hydrogen (secondary N) is 2. The molecule has 3 aliphatic rings. The predicted octanol–water partition coefficient (Wildman–Crippen LogP) is 5.79. The summed E-state index contributed by atoms with van der Waals surface area (Å²) in [5, 5.41) is 6.56. The van der Waals surface area contributed by atoms with Crippen molar-refractivity contribution in [3.63, 3.8) is 0 Å². The summed E-state index contributed by atoms with van der Waals surface area (Å²) in [5.41, 5.74) is 8.01. The summed E-state index contributed by atoms with van der Waals surface area (Å²) < 4.78 is 11.2. The Morgan fingerprint density at radius 3 is 2.42 bits per heavy atom. The van der Waals surface area contributed by atoms with E-state index >= 15 is 0 Å². The Kier molecular flexibility index (Phi) is 8.08. The number of aromatic nitrogens is 2. The number of aryl methyl sites for hydroxylation is 3. The van der Waals surface area contributed by atoms with Gasteiger partial charge in [0, 0.05) is 42.1 Å². The zero-order valence-electron chi connectivity index (χ0n) is 22.6. The highest BCUT2D eigenvalue weighted by Gasteiger charge is 2.18. The van der Waals surface area contributed by atoms with E-state index in [4.69, 9.17) is 14.5 Å². The van der Waals surface area contributed by atoms with Gasteiger partial charge in [0.25, 0.3) is 0 Å². The topological polar surface area (TPSA) is 88.6 Å². The van der Waals surface area contributed by atoms with Crippen molar-refractivity contribution in [1.82, 2.24) is 9.97 Å². The van der Waals surface area contributed by atoms with Gasteiger partial charge >= 0.3 is 0 Å². The molecule has 0 aliphatic carbocycles. The van der Waals surface area contributed by atoms with Crippen LogP contribution in [0.3, 0.4) is 0 Å². The highest BCUT2D eigenvalue weighted by Crippen LogP contribution is 2.34. The summed E-state index contributed by atoms with van der Waals surface area (Å²) >= 11 is 0. The van der Waals surface area contributed by atoms with Crippen molar-refractivity contribution in [2.45, 2.75) is 52.4 Å². The minimum Gasteiger partial charge on any atom is -0.493 e. The molecule has 6 rings (SSSR count). The second-order valence-corrected chi connectivity index (χ2v) is 10.1. The van der Waals surface area contributed by atoms with E-state index in [9.17, 15) is 4.79 Å². The lowest BCUT2D eigenvalue weighted by Gasteiger charge is -2.31. The van der Waals surface area contributed by atoms with E-state index in [1.807, 2.05) is 26.0 Å². The molecule has 0 atom stereocenters. The van der Waals surface area contributed by atoms with E-state index in [0.717, 1.165) is 86.5 Å². The first-order valence-electron chi connectivity index (χ1n) is 13.6. The number of carbonyl (C=O) groups excluding carboxylic acids is 1. The monoisotopic (exact) mass is 515 g/mol. The Hall–Kier alpha value is -3.65. The van der Waals surface area contributed by atoms with Crippen molar-refractivity contribution in [1.29, 1.82) is 0 Å². The SMILES string of the molecule is COc1cnc2nc1-c1cc(C)c(c(C)c1)NC(=O)CCCCCCc1cc(ccc1N1CCOCC1)N2. The van der Waals surface area contributed by atoms with Crippen molar-refractivity contribution in [3.8, 4) is 17.0 Å². The van der Waals surface area contributed by atoms with Crippen molar-refractivity contribution in [2.75, 3.05) is 48.9 Å². The van der Waals surface area contributed by atoms with E-state index in [0.29, 0.717) is 23.8 Å². The summed E-state index contributed by atoms with van der Waals surface area (Å²) in [7, 11) is 1.63. The summed E-state index contributed by atoms with van der Waals surface area (Å²) in [4.78, 5) is 24.5. The van der Waals surface area contributed by atoms with Crippen LogP contribution in [0.4, 0.5) is 23.0 Å². The van der Waals surface area contributed by atoms with Gasteiger partial charge in [-0.15, -0.1) is 0 Å². The zero-order chi connectivity index (χ0) is 26.5. The Balaban J connectivity index is 1.53. The van der Waals surface area contributed by atoms with Crippen LogP contribution >= 0.6 is 0 Å². The highest BCUT2D eigenvalue weighted by molar-refractivity contribution is 5.93. The molecule has 2 N–H and O–H groups in total. The second-order valence-electron chi connectivity index (χ2n) is 10.1. The molecular weight excluding hydrogens is 478 g/mol. The van der Waals surface area contributed by atoms with Crippen LogP contribution in [-0.4, -0.2) is 49.3 Å². The largest absolute Gasteiger partial charge is 0.493 e. The number of anilines is 4. The number of ether oxygens (including phenoxy) is 2. The Morgan fingerprint density at radius 2 is 1.68 bits per heavy atom. The summed E-state index contributed by atoms with van der Waals surface area (Å²) in [5.74, 6) is 1.17. The maximum Gasteiger partial charge on any atom is 0.227 e. The van der Waals surface area contributed by atoms with Crippen LogP contribution in [0.15, 0.2) is 36.5 Å². The van der Waals surface area contributed by atoms with E-state index in [1.54, 1.807) is 13.3 Å². The summed E-state index contributed by atoms with van der Waals surface area (Å²) in [6.45, 7) is 7.33. The number of nitrogens with zero attached hydrogens (tertiary/aromatic N) is 3. The number of morpholine rings is 1. The normalized spacial score (nSPS) is 16.6. The number of hydrogen-bond donors (Lipinski definition) is 2. The van der Waals surface area contributed by atoms with E-state index in [-0.39, 0.29) is 5.91 Å². The van der Waals surface area contributed by atoms with Crippen LogP contribution < -0.4 is 20.3 Å². The Morgan fingerprint density at radius 1 is 0.947 bits per heavy atom. The van der Waals surface area contributed by atoms with Crippen LogP contribution in [0.1, 0.15) is 48.8 Å². The maximum absolute atomic E-state index is 12.7. The van der Waals surface area contributed by atoms with Gasteiger partial charge in [0.15, 0.2) is 5.75 Å². The van der Waals surface area contributed by atoms with Gasteiger partial charge in [0.05, 0.1) is 26.5 Å². The molecule has 1 saturated heterocycles. The first kappa shape index (κ1) is 26.0. The van der Waals surface area contributed by atoms with Gasteiger partial charge in [0.2, 0.25) is 11.9 Å². The third-order valence-corrected chi connectivity index (χ3v) is 7.33. The fourth-order valence-electron chi connectivity index (χ4n) is 5.35. The molecule has 0 radical (unpaired) electrons. The fourth-order valence-corrected chi connectivity index (χ4v) is 5.35. The number of fused-ring (bicyclic) bond motifs is 9. The summed E-state index contributed by atoms with van der Waals surface area (Å²) in [6, 6.07) is 10.6. The average molecular weight is 516 g/mol. The van der Waals surface area contributed by atoms with Gasteiger partial charge in [-0.3, -0.25) is 4.79 Å². The predicted molar refractivity (Wildman–Crippen MR) is 152 cm³/mol. The van der Waals surface area contributed by atoms with Gasteiger partial charge in [-0.05, 0) is 80.1 Å². The standard InChI is InChI=1S/C30H37N5O3/c1-20-16-23-17-21(2)28(20)33-27(36)9-7-5-4-6-8-22-18-24(10-11-25(22)35-12-14-38-15-13-35)32-30-31-19-26(37-3)29(23)34-30/h10-11,16-19H,4-9,12-15H2,1-3H3,(H,33,36)(H,31,32,34). The molecule has 2 aromatic carbocycles. The van der Waals surface area contributed by atoms with Crippen LogP contribution in [0.25, 0.3) is 11.3 Å². The van der Waals surface area contributed by atoms with Crippen molar-refractivity contribution in [3.05, 3.63) is 53.2 Å². The molecule has 0 saturated carbocycles. The molecule has 0 unspecified atom stereocenters. The van der Waals surface area contributed by atoms with Crippen LogP contribution in [-0.2, 0) is 16.0 Å². The number of hydrogen-bond acceptors (Lipinski definition) is 7. The van der Waals surface area contributed by atoms with Gasteiger partial charge in [0.1, 0.15) is 5.69 Å². The first-order valence-corrected chi connectivity index (χ1v) is 13.6. The molecule has 8 nitrogen and oxygen atoms in total. The van der Waals surface area contributed by atoms with E-state index < -0.39 is 0 Å². The molecule has 6 bridgehead atoms. The van der Waals surface area contributed by atoms with Crippen molar-refractivity contribution >= 4 is 28.9 Å². The zero-order valence-corrected chi connectivity index (χ0v) is 22.6. The molecule has 4 heterocycles. The molecule has 8 heteroatoms. The third kappa shape index (κ3) is 5.91. The third-order valence-electron chi connectivity index (χ3n) is 7.33. The van der Waals surface area contributed by atoms with Crippen LogP contribution in [0, 0.1) is 13.8 Å². The highest BCUT2D eigenvalue weighted by atomic mass is 16.5. The number of amides is 1. The van der Waals surface area contributed by atoms with Crippen LogP contribution in [0.2, 0.25) is 0 Å². The lowest BCUT2D eigenvalue weighted by Crippen LogP contribution is -2.36. The molecule has 3 aliphatic heterocycles. The first-order chi connectivity index (χ1) is 18.5. The molecule has 0 spiro atoms. The molecule has 1 amide bonds. The lowest BCUT2D eigenvalue weighted by molar-refractivity contribution is -0.116. The van der Waals surface area contributed by atoms with Crippen molar-refractivity contribution < 1.29 is 14.3 Å². The van der Waals surface area contributed by atoms with Crippen molar-refractivity contribution in [2.24, 2.45) is 0 Å². The smallest absolute Gasteiger partial charge is 0.227 e. The maximum atomic E-state index is 12.7. The number of methoxy groups -OCH3 is 1. The molecular formula is C30H37N5O3. The molecule has 1 aromatic heterocycles. The van der Waals surface area contributed by atoms with Crippen LogP contribution in [0.5, 0.6) is 5.75 Å². The van der Waals surface area contributed by atoms with Gasteiger partial charge < -0.3 is 25.0 Å². The summed E-state index contributed by atoms with van der Waals surface area (Å²) in [6.07, 6.45) is 7.30. The van der Waals surface area contributed by atoms with Gasteiger partial charge in [-0.25, -0.2) is 9.97 Å². The quantitative estimate of drug-likeness (QED) is 0.446. The van der Waals surface area contributed by atoms with Gasteiger partial charge in [-0.1, -0.05) is 12.8 Å².